The van der Waals surface area contributed by atoms with Crippen molar-refractivity contribution in [3.05, 3.63) is 35.8 Å². The SMILES string of the molecule is CCc1nn(C)c(Sc2cccc(F)c2)c1N. The van der Waals surface area contributed by atoms with E-state index in [4.69, 9.17) is 5.73 Å². The first-order valence-electron chi connectivity index (χ1n) is 5.36. The summed E-state index contributed by atoms with van der Waals surface area (Å²) in [6.07, 6.45) is 0.795. The van der Waals surface area contributed by atoms with E-state index < -0.39 is 0 Å². The molecule has 2 aromatic rings. The molecular weight excluding hydrogens is 237 g/mol. The smallest absolute Gasteiger partial charge is 0.124 e. The molecule has 0 saturated carbocycles. The normalized spacial score (nSPS) is 10.8. The summed E-state index contributed by atoms with van der Waals surface area (Å²) in [6.45, 7) is 2.01. The molecule has 0 fully saturated rings. The van der Waals surface area contributed by atoms with Gasteiger partial charge in [0.25, 0.3) is 0 Å². The second kappa shape index (κ2) is 4.79. The van der Waals surface area contributed by atoms with Gasteiger partial charge in [0.15, 0.2) is 0 Å². The van der Waals surface area contributed by atoms with E-state index in [1.165, 1.54) is 23.9 Å². The molecule has 0 aliphatic heterocycles. The van der Waals surface area contributed by atoms with Crippen LogP contribution in [0.5, 0.6) is 0 Å². The van der Waals surface area contributed by atoms with Crippen LogP contribution < -0.4 is 5.73 Å². The Bertz CT molecular complexity index is 537. The van der Waals surface area contributed by atoms with Crippen molar-refractivity contribution in [2.75, 3.05) is 5.73 Å². The number of nitrogen functional groups attached to an aromatic ring is 1. The standard InChI is InChI=1S/C12H14FN3S/c1-3-10-11(14)12(16(2)15-10)17-9-6-4-5-8(13)7-9/h4-7H,3,14H2,1-2H3. The Hall–Kier alpha value is -1.49. The van der Waals surface area contributed by atoms with Gasteiger partial charge in [-0.1, -0.05) is 24.8 Å². The molecule has 2 N–H and O–H groups in total. The van der Waals surface area contributed by atoms with Gasteiger partial charge >= 0.3 is 0 Å². The molecule has 0 saturated heterocycles. The summed E-state index contributed by atoms with van der Waals surface area (Å²) < 4.78 is 14.8. The number of nitrogens with two attached hydrogens (primary N) is 1. The van der Waals surface area contributed by atoms with Crippen molar-refractivity contribution >= 4 is 17.4 Å². The number of aromatic nitrogens is 2. The quantitative estimate of drug-likeness (QED) is 0.912. The minimum Gasteiger partial charge on any atom is -0.395 e. The minimum absolute atomic E-state index is 0.244. The van der Waals surface area contributed by atoms with Crippen molar-refractivity contribution < 1.29 is 4.39 Å². The van der Waals surface area contributed by atoms with Gasteiger partial charge in [-0.15, -0.1) is 0 Å². The van der Waals surface area contributed by atoms with Crippen LogP contribution in [0, 0.1) is 5.82 Å². The lowest BCUT2D eigenvalue weighted by Crippen LogP contribution is -1.93. The van der Waals surface area contributed by atoms with E-state index in [-0.39, 0.29) is 5.82 Å². The molecule has 0 spiro atoms. The first kappa shape index (κ1) is 12.0. The van der Waals surface area contributed by atoms with Crippen LogP contribution in [-0.2, 0) is 13.5 Å². The Morgan fingerprint density at radius 2 is 2.24 bits per heavy atom. The minimum atomic E-state index is -0.244. The first-order chi connectivity index (χ1) is 8.11. The zero-order valence-corrected chi connectivity index (χ0v) is 10.6. The second-order valence-corrected chi connectivity index (χ2v) is 4.76. The maximum absolute atomic E-state index is 13.1. The predicted octanol–water partition coefficient (Wildman–Crippen LogP) is 2.86. The lowest BCUT2D eigenvalue weighted by molar-refractivity contribution is 0.624. The molecule has 0 radical (unpaired) electrons. The van der Waals surface area contributed by atoms with Crippen LogP contribution in [0.2, 0.25) is 0 Å². The van der Waals surface area contributed by atoms with Gasteiger partial charge in [-0.05, 0) is 24.6 Å². The molecule has 0 amide bonds. The van der Waals surface area contributed by atoms with E-state index in [2.05, 4.69) is 5.10 Å². The van der Waals surface area contributed by atoms with E-state index in [9.17, 15) is 4.39 Å². The van der Waals surface area contributed by atoms with Gasteiger partial charge in [-0.25, -0.2) is 4.39 Å². The van der Waals surface area contributed by atoms with E-state index in [1.807, 2.05) is 20.0 Å². The Morgan fingerprint density at radius 3 is 2.82 bits per heavy atom. The number of hydrogen-bond donors (Lipinski definition) is 1. The second-order valence-electron chi connectivity index (χ2n) is 3.70. The maximum Gasteiger partial charge on any atom is 0.124 e. The third kappa shape index (κ3) is 2.44. The third-order valence-corrected chi connectivity index (χ3v) is 3.62. The van der Waals surface area contributed by atoms with Crippen molar-refractivity contribution in [3.8, 4) is 0 Å². The van der Waals surface area contributed by atoms with Crippen LogP contribution in [0.3, 0.4) is 0 Å². The molecule has 2 rings (SSSR count). The van der Waals surface area contributed by atoms with Crippen LogP contribution in [0.25, 0.3) is 0 Å². The van der Waals surface area contributed by atoms with Gasteiger partial charge in [0.2, 0.25) is 0 Å². The lowest BCUT2D eigenvalue weighted by Gasteiger charge is -2.03. The first-order valence-corrected chi connectivity index (χ1v) is 6.18. The molecule has 0 unspecified atom stereocenters. The monoisotopic (exact) mass is 251 g/mol. The average molecular weight is 251 g/mol. The van der Waals surface area contributed by atoms with Gasteiger partial charge in [-0.2, -0.15) is 5.10 Å². The zero-order valence-electron chi connectivity index (χ0n) is 9.77. The van der Waals surface area contributed by atoms with Gasteiger partial charge in [0, 0.05) is 11.9 Å². The number of benzene rings is 1. The molecule has 1 aromatic carbocycles. The Balaban J connectivity index is 2.33. The summed E-state index contributed by atoms with van der Waals surface area (Å²) in [5, 5.41) is 5.18. The number of rotatable bonds is 3. The molecule has 0 aliphatic rings. The van der Waals surface area contributed by atoms with Crippen molar-refractivity contribution in [2.45, 2.75) is 23.3 Å². The lowest BCUT2D eigenvalue weighted by atomic mass is 10.3. The van der Waals surface area contributed by atoms with Gasteiger partial charge in [0.1, 0.15) is 10.8 Å². The van der Waals surface area contributed by atoms with Crippen LogP contribution >= 0.6 is 11.8 Å². The predicted molar refractivity (Wildman–Crippen MR) is 67.5 cm³/mol. The van der Waals surface area contributed by atoms with Crippen LogP contribution in [-0.4, -0.2) is 9.78 Å². The Labute approximate surface area is 104 Å². The van der Waals surface area contributed by atoms with Crippen molar-refractivity contribution in [1.29, 1.82) is 0 Å². The summed E-state index contributed by atoms with van der Waals surface area (Å²) in [5.41, 5.74) is 7.57. The molecular formula is C12H14FN3S. The van der Waals surface area contributed by atoms with Gasteiger partial charge < -0.3 is 5.73 Å². The van der Waals surface area contributed by atoms with Gasteiger partial charge in [0.05, 0.1) is 11.4 Å². The summed E-state index contributed by atoms with van der Waals surface area (Å²) in [4.78, 5) is 0.822. The summed E-state index contributed by atoms with van der Waals surface area (Å²) in [6, 6.07) is 6.45. The van der Waals surface area contributed by atoms with Crippen molar-refractivity contribution in [1.82, 2.24) is 9.78 Å². The fourth-order valence-electron chi connectivity index (χ4n) is 1.60. The van der Waals surface area contributed by atoms with E-state index in [1.54, 1.807) is 10.7 Å². The molecule has 17 heavy (non-hydrogen) atoms. The molecule has 3 nitrogen and oxygen atoms in total. The number of hydrogen-bond acceptors (Lipinski definition) is 3. The molecule has 1 heterocycles. The Morgan fingerprint density at radius 1 is 1.47 bits per heavy atom. The Kier molecular flexibility index (Phi) is 3.38. The zero-order chi connectivity index (χ0) is 12.4. The van der Waals surface area contributed by atoms with Gasteiger partial charge in [-0.3, -0.25) is 4.68 Å². The maximum atomic E-state index is 13.1. The van der Waals surface area contributed by atoms with Crippen LogP contribution in [0.15, 0.2) is 34.2 Å². The number of nitrogens with zero attached hydrogens (tertiary/aromatic N) is 2. The summed E-state index contributed by atoms with van der Waals surface area (Å²) in [7, 11) is 1.84. The molecule has 0 aliphatic carbocycles. The van der Waals surface area contributed by atoms with E-state index >= 15 is 0 Å². The molecule has 90 valence electrons. The summed E-state index contributed by atoms with van der Waals surface area (Å²) in [5.74, 6) is -0.244. The fraction of sp³-hybridized carbons (Fsp3) is 0.250. The third-order valence-electron chi connectivity index (χ3n) is 2.45. The highest BCUT2D eigenvalue weighted by Crippen LogP contribution is 2.33. The number of anilines is 1. The fourth-order valence-corrected chi connectivity index (χ4v) is 2.54. The van der Waals surface area contributed by atoms with Crippen molar-refractivity contribution in [3.63, 3.8) is 0 Å². The molecule has 0 atom stereocenters. The summed E-state index contributed by atoms with van der Waals surface area (Å²) >= 11 is 1.43. The van der Waals surface area contributed by atoms with Crippen molar-refractivity contribution in [2.24, 2.45) is 7.05 Å². The molecule has 5 heteroatoms. The highest BCUT2D eigenvalue weighted by molar-refractivity contribution is 7.99. The highest BCUT2D eigenvalue weighted by atomic mass is 32.2. The van der Waals surface area contributed by atoms with Crippen LogP contribution in [0.1, 0.15) is 12.6 Å². The highest BCUT2D eigenvalue weighted by Gasteiger charge is 2.13. The number of aryl methyl sites for hydroxylation is 2. The van der Waals surface area contributed by atoms with E-state index in [0.29, 0.717) is 5.69 Å². The number of halogens is 1. The topological polar surface area (TPSA) is 43.8 Å². The average Bonchev–Trinajstić information content (AvgIpc) is 2.56. The molecule has 0 bridgehead atoms. The molecule has 1 aromatic heterocycles. The van der Waals surface area contributed by atoms with E-state index in [0.717, 1.165) is 22.0 Å². The largest absolute Gasteiger partial charge is 0.395 e. The van der Waals surface area contributed by atoms with Crippen LogP contribution in [0.4, 0.5) is 10.1 Å².